The lowest BCUT2D eigenvalue weighted by molar-refractivity contribution is 0.282. The molecule has 0 aliphatic heterocycles. The smallest absolute Gasteiger partial charge is 0.141 e. The maximum Gasteiger partial charge on any atom is 0.141 e. The molecule has 0 aromatic carbocycles. The summed E-state index contributed by atoms with van der Waals surface area (Å²) < 4.78 is 0. The van der Waals surface area contributed by atoms with Crippen LogP contribution in [-0.2, 0) is 0 Å². The molecule has 0 saturated heterocycles. The van der Waals surface area contributed by atoms with Crippen LogP contribution in [0.2, 0.25) is 0 Å². The minimum Gasteiger partial charge on any atom is -0.396 e. The molecular formula is C13H17N3OS. The monoisotopic (exact) mass is 263 g/mol. The summed E-state index contributed by atoms with van der Waals surface area (Å²) in [6.45, 7) is 1.12. The molecular weight excluding hydrogens is 246 g/mol. The fraction of sp³-hybridized carbons (Fsp3) is 0.538. The maximum atomic E-state index is 9.05. The number of hydrogen-bond donors (Lipinski definition) is 1. The molecule has 1 aliphatic rings. The van der Waals surface area contributed by atoms with Crippen LogP contribution >= 0.6 is 11.3 Å². The third-order valence-electron chi connectivity index (χ3n) is 3.59. The highest BCUT2D eigenvalue weighted by Crippen LogP contribution is 2.33. The first-order valence-corrected chi connectivity index (χ1v) is 7.34. The molecule has 0 radical (unpaired) electrons. The van der Waals surface area contributed by atoms with Crippen LogP contribution < -0.4 is 4.90 Å². The number of rotatable bonds is 5. The molecule has 2 aromatic rings. The van der Waals surface area contributed by atoms with E-state index < -0.39 is 0 Å². The Morgan fingerprint density at radius 3 is 3.00 bits per heavy atom. The van der Waals surface area contributed by atoms with E-state index >= 15 is 0 Å². The average Bonchev–Trinajstić information content (AvgIpc) is 2.80. The Bertz CT molecular complexity index is 524. The van der Waals surface area contributed by atoms with E-state index in [1.165, 1.54) is 19.3 Å². The first-order chi connectivity index (χ1) is 8.90. The lowest BCUT2D eigenvalue weighted by atomic mass is 9.91. The second-order valence-corrected chi connectivity index (χ2v) is 5.59. The summed E-state index contributed by atoms with van der Waals surface area (Å²) in [4.78, 5) is 12.2. The van der Waals surface area contributed by atoms with Crippen molar-refractivity contribution >= 4 is 27.4 Å². The molecule has 0 amide bonds. The van der Waals surface area contributed by atoms with Crippen LogP contribution in [-0.4, -0.2) is 34.3 Å². The van der Waals surface area contributed by atoms with Gasteiger partial charge in [0.05, 0.1) is 5.39 Å². The van der Waals surface area contributed by atoms with E-state index in [2.05, 4.69) is 26.3 Å². The van der Waals surface area contributed by atoms with Crippen molar-refractivity contribution in [2.75, 3.05) is 18.1 Å². The fourth-order valence-corrected chi connectivity index (χ4v) is 3.13. The van der Waals surface area contributed by atoms with Gasteiger partial charge in [0.2, 0.25) is 0 Å². The predicted octanol–water partition coefficient (Wildman–Crippen LogP) is 2.43. The summed E-state index contributed by atoms with van der Waals surface area (Å²) in [6, 6.07) is 2.69. The molecule has 96 valence electrons. The Labute approximate surface area is 110 Å². The van der Waals surface area contributed by atoms with Gasteiger partial charge >= 0.3 is 0 Å². The number of aliphatic hydroxyl groups excluding tert-OH is 1. The second-order valence-electron chi connectivity index (χ2n) is 4.69. The fourth-order valence-electron chi connectivity index (χ4n) is 2.41. The van der Waals surface area contributed by atoms with Gasteiger partial charge in [-0.15, -0.1) is 11.3 Å². The van der Waals surface area contributed by atoms with Gasteiger partial charge in [0.15, 0.2) is 0 Å². The molecule has 2 aromatic heterocycles. The molecule has 3 rings (SSSR count). The molecule has 1 aliphatic carbocycles. The zero-order valence-corrected chi connectivity index (χ0v) is 11.1. The number of thiophene rings is 1. The molecule has 5 heteroatoms. The van der Waals surface area contributed by atoms with E-state index in [-0.39, 0.29) is 6.61 Å². The van der Waals surface area contributed by atoms with Gasteiger partial charge in [-0.2, -0.15) is 0 Å². The highest BCUT2D eigenvalue weighted by molar-refractivity contribution is 7.16. The maximum absolute atomic E-state index is 9.05. The summed E-state index contributed by atoms with van der Waals surface area (Å²) in [5, 5.41) is 12.3. The topological polar surface area (TPSA) is 49.2 Å². The molecule has 0 spiro atoms. The zero-order valence-electron chi connectivity index (χ0n) is 10.2. The zero-order chi connectivity index (χ0) is 12.4. The Morgan fingerprint density at radius 2 is 2.28 bits per heavy atom. The Balaban J connectivity index is 1.94. The Morgan fingerprint density at radius 1 is 1.39 bits per heavy atom. The van der Waals surface area contributed by atoms with E-state index in [9.17, 15) is 0 Å². The van der Waals surface area contributed by atoms with Gasteiger partial charge in [0.25, 0.3) is 0 Å². The van der Waals surface area contributed by atoms with E-state index in [4.69, 9.17) is 5.11 Å². The molecule has 4 nitrogen and oxygen atoms in total. The van der Waals surface area contributed by atoms with Crippen molar-refractivity contribution < 1.29 is 5.11 Å². The van der Waals surface area contributed by atoms with Crippen molar-refractivity contribution in [1.29, 1.82) is 0 Å². The van der Waals surface area contributed by atoms with Gasteiger partial charge in [-0.1, -0.05) is 0 Å². The lowest BCUT2D eigenvalue weighted by Gasteiger charge is -2.38. The van der Waals surface area contributed by atoms with Crippen molar-refractivity contribution in [1.82, 2.24) is 9.97 Å². The van der Waals surface area contributed by atoms with Gasteiger partial charge in [0.1, 0.15) is 17.0 Å². The van der Waals surface area contributed by atoms with Crippen molar-refractivity contribution in [3.05, 3.63) is 17.8 Å². The number of aliphatic hydroxyl groups is 1. The quantitative estimate of drug-likeness (QED) is 0.900. The van der Waals surface area contributed by atoms with E-state index in [1.54, 1.807) is 17.7 Å². The number of nitrogens with zero attached hydrogens (tertiary/aromatic N) is 3. The van der Waals surface area contributed by atoms with Crippen molar-refractivity contribution in [2.24, 2.45) is 0 Å². The third-order valence-corrected chi connectivity index (χ3v) is 4.41. The van der Waals surface area contributed by atoms with Gasteiger partial charge in [-0.25, -0.2) is 9.97 Å². The number of hydrogen-bond acceptors (Lipinski definition) is 5. The van der Waals surface area contributed by atoms with Crippen LogP contribution in [0.3, 0.4) is 0 Å². The van der Waals surface area contributed by atoms with Crippen LogP contribution in [0.5, 0.6) is 0 Å². The summed E-state index contributed by atoms with van der Waals surface area (Å²) in [7, 11) is 0. The molecule has 2 heterocycles. The van der Waals surface area contributed by atoms with Gasteiger partial charge in [-0.05, 0) is 37.1 Å². The lowest BCUT2D eigenvalue weighted by Crippen LogP contribution is -2.41. The van der Waals surface area contributed by atoms with E-state index in [1.807, 2.05) is 0 Å². The summed E-state index contributed by atoms with van der Waals surface area (Å²) in [5.41, 5.74) is 0. The van der Waals surface area contributed by atoms with Crippen LogP contribution in [0.4, 0.5) is 5.82 Å². The highest BCUT2D eigenvalue weighted by atomic mass is 32.1. The molecule has 0 atom stereocenters. The standard InChI is InChI=1S/C13H17N3OS/c17-7-2-6-16(10-3-1-4-10)12-11-5-8-18-13(11)15-9-14-12/h5,8-10,17H,1-4,6-7H2. The minimum absolute atomic E-state index is 0.237. The largest absolute Gasteiger partial charge is 0.396 e. The first-order valence-electron chi connectivity index (χ1n) is 6.46. The van der Waals surface area contributed by atoms with Gasteiger partial charge < -0.3 is 10.0 Å². The van der Waals surface area contributed by atoms with Crippen LogP contribution in [0.15, 0.2) is 17.8 Å². The normalized spacial score (nSPS) is 15.8. The van der Waals surface area contributed by atoms with Crippen LogP contribution in [0, 0.1) is 0 Å². The highest BCUT2D eigenvalue weighted by Gasteiger charge is 2.26. The van der Waals surface area contributed by atoms with E-state index in [0.717, 1.165) is 29.0 Å². The SMILES string of the molecule is OCCCN(c1ncnc2sccc12)C1CCC1. The molecule has 1 saturated carbocycles. The number of aromatic nitrogens is 2. The van der Waals surface area contributed by atoms with Gasteiger partial charge in [0, 0.05) is 19.2 Å². The van der Waals surface area contributed by atoms with Crippen molar-refractivity contribution in [3.63, 3.8) is 0 Å². The Hall–Kier alpha value is -1.20. The predicted molar refractivity (Wildman–Crippen MR) is 74.1 cm³/mol. The van der Waals surface area contributed by atoms with Crippen molar-refractivity contribution in [2.45, 2.75) is 31.7 Å². The molecule has 1 N–H and O–H groups in total. The number of fused-ring (bicyclic) bond motifs is 1. The van der Waals surface area contributed by atoms with Gasteiger partial charge in [-0.3, -0.25) is 0 Å². The third kappa shape index (κ3) is 2.08. The summed E-state index contributed by atoms with van der Waals surface area (Å²) in [6.07, 6.45) is 6.23. The summed E-state index contributed by atoms with van der Waals surface area (Å²) in [5.74, 6) is 1.04. The Kier molecular flexibility index (Phi) is 3.43. The summed E-state index contributed by atoms with van der Waals surface area (Å²) >= 11 is 1.65. The first kappa shape index (κ1) is 11.9. The molecule has 0 unspecified atom stereocenters. The van der Waals surface area contributed by atoms with Crippen molar-refractivity contribution in [3.8, 4) is 0 Å². The van der Waals surface area contributed by atoms with Crippen LogP contribution in [0.1, 0.15) is 25.7 Å². The molecule has 1 fully saturated rings. The second kappa shape index (κ2) is 5.20. The molecule has 0 bridgehead atoms. The average molecular weight is 263 g/mol. The van der Waals surface area contributed by atoms with E-state index in [0.29, 0.717) is 6.04 Å². The molecule has 18 heavy (non-hydrogen) atoms. The minimum atomic E-state index is 0.237. The number of anilines is 1. The van der Waals surface area contributed by atoms with Crippen LogP contribution in [0.25, 0.3) is 10.2 Å².